The summed E-state index contributed by atoms with van der Waals surface area (Å²) in [4.78, 5) is 0. The van der Waals surface area contributed by atoms with Crippen LogP contribution in [0.25, 0.3) is 22.3 Å². The monoisotopic (exact) mass is 312 g/mol. The summed E-state index contributed by atoms with van der Waals surface area (Å²) in [6, 6.07) is 28.2. The molecule has 1 heterocycles. The highest BCUT2D eigenvalue weighted by molar-refractivity contribution is 5.83. The summed E-state index contributed by atoms with van der Waals surface area (Å²) in [5.41, 5.74) is 4.47. The number of para-hydroxylation sites is 1. The lowest BCUT2D eigenvalue weighted by Gasteiger charge is -2.11. The van der Waals surface area contributed by atoms with Crippen molar-refractivity contribution in [2.24, 2.45) is 0 Å². The number of hydrogen-bond acceptors (Lipinski definition) is 2. The minimum atomic E-state index is 0.820. The zero-order valence-corrected chi connectivity index (χ0v) is 13.1. The number of hydrogen-bond donors (Lipinski definition) is 0. The van der Waals surface area contributed by atoms with Crippen molar-refractivity contribution < 1.29 is 9.15 Å². The van der Waals surface area contributed by atoms with Crippen LogP contribution in [0.4, 0.5) is 0 Å². The third-order valence-electron chi connectivity index (χ3n) is 3.88. The maximum absolute atomic E-state index is 5.95. The Labute approximate surface area is 141 Å². The van der Waals surface area contributed by atoms with Crippen LogP contribution in [0.15, 0.2) is 102 Å². The normalized spacial score (nSPS) is 10.5. The molecular weight excluding hydrogens is 296 g/mol. The second-order valence-corrected chi connectivity index (χ2v) is 5.50. The number of furan rings is 1. The van der Waals surface area contributed by atoms with E-state index in [2.05, 4.69) is 24.3 Å². The van der Waals surface area contributed by atoms with Crippen LogP contribution in [0.1, 0.15) is 0 Å². The molecule has 2 heteroatoms. The first-order valence-electron chi connectivity index (χ1n) is 7.85. The van der Waals surface area contributed by atoms with Crippen molar-refractivity contribution in [3.8, 4) is 33.8 Å². The molecule has 0 aliphatic carbocycles. The van der Waals surface area contributed by atoms with Crippen molar-refractivity contribution in [1.82, 2.24) is 0 Å². The molecule has 0 saturated carbocycles. The summed E-state index contributed by atoms with van der Waals surface area (Å²) in [6.45, 7) is 0. The van der Waals surface area contributed by atoms with Gasteiger partial charge in [-0.3, -0.25) is 0 Å². The zero-order chi connectivity index (χ0) is 16.2. The van der Waals surface area contributed by atoms with Gasteiger partial charge in [-0.15, -0.1) is 0 Å². The molecule has 4 rings (SSSR count). The second-order valence-electron chi connectivity index (χ2n) is 5.50. The van der Waals surface area contributed by atoms with Crippen LogP contribution in [-0.4, -0.2) is 0 Å². The van der Waals surface area contributed by atoms with E-state index in [0.29, 0.717) is 0 Å². The Kier molecular flexibility index (Phi) is 3.86. The Hall–Kier alpha value is -3.26. The fourth-order valence-corrected chi connectivity index (χ4v) is 2.76. The van der Waals surface area contributed by atoms with Crippen molar-refractivity contribution >= 4 is 0 Å². The smallest absolute Gasteiger partial charge is 0.128 e. The minimum absolute atomic E-state index is 0.820. The van der Waals surface area contributed by atoms with E-state index in [1.54, 1.807) is 12.5 Å². The molecule has 0 bridgehead atoms. The predicted octanol–water partition coefficient (Wildman–Crippen LogP) is 6.41. The molecule has 3 aromatic carbocycles. The van der Waals surface area contributed by atoms with Crippen molar-refractivity contribution in [2.75, 3.05) is 0 Å². The van der Waals surface area contributed by atoms with E-state index in [-0.39, 0.29) is 0 Å². The van der Waals surface area contributed by atoms with E-state index in [0.717, 1.165) is 33.8 Å². The van der Waals surface area contributed by atoms with Crippen molar-refractivity contribution in [1.29, 1.82) is 0 Å². The summed E-state index contributed by atoms with van der Waals surface area (Å²) < 4.78 is 11.2. The van der Waals surface area contributed by atoms with E-state index in [9.17, 15) is 0 Å². The fourth-order valence-electron chi connectivity index (χ4n) is 2.76. The van der Waals surface area contributed by atoms with Gasteiger partial charge in [-0.05, 0) is 47.0 Å². The van der Waals surface area contributed by atoms with Gasteiger partial charge in [0.15, 0.2) is 0 Å². The molecule has 4 aromatic rings. The van der Waals surface area contributed by atoms with Gasteiger partial charge < -0.3 is 9.15 Å². The molecular formula is C22H16O2. The van der Waals surface area contributed by atoms with E-state index >= 15 is 0 Å². The van der Waals surface area contributed by atoms with Crippen LogP contribution in [-0.2, 0) is 0 Å². The number of benzene rings is 3. The van der Waals surface area contributed by atoms with Crippen LogP contribution in [0.2, 0.25) is 0 Å². The second kappa shape index (κ2) is 6.47. The van der Waals surface area contributed by atoms with E-state index in [1.807, 2.05) is 60.7 Å². The minimum Gasteiger partial charge on any atom is -0.472 e. The molecule has 0 fully saturated rings. The molecule has 0 amide bonds. The molecule has 0 unspecified atom stereocenters. The Balaban J connectivity index is 1.72. The average Bonchev–Trinajstić information content (AvgIpc) is 3.17. The van der Waals surface area contributed by atoms with Crippen LogP contribution in [0.5, 0.6) is 11.5 Å². The van der Waals surface area contributed by atoms with Gasteiger partial charge in [-0.2, -0.15) is 0 Å². The largest absolute Gasteiger partial charge is 0.472 e. The van der Waals surface area contributed by atoms with Crippen molar-refractivity contribution in [3.05, 3.63) is 97.5 Å². The van der Waals surface area contributed by atoms with Crippen LogP contribution in [0, 0.1) is 0 Å². The molecule has 1 aromatic heterocycles. The average molecular weight is 312 g/mol. The Morgan fingerprint density at radius 1 is 0.583 bits per heavy atom. The van der Waals surface area contributed by atoms with Gasteiger partial charge in [0, 0.05) is 5.56 Å². The molecule has 0 N–H and O–H groups in total. The van der Waals surface area contributed by atoms with Crippen molar-refractivity contribution in [2.45, 2.75) is 0 Å². The molecule has 0 atom stereocenters. The third-order valence-corrected chi connectivity index (χ3v) is 3.88. The highest BCUT2D eigenvalue weighted by atomic mass is 16.5. The summed E-state index contributed by atoms with van der Waals surface area (Å²) in [5, 5.41) is 0. The summed E-state index contributed by atoms with van der Waals surface area (Å²) in [5.74, 6) is 1.65. The van der Waals surface area contributed by atoms with E-state index < -0.39 is 0 Å². The van der Waals surface area contributed by atoms with Gasteiger partial charge in [0.05, 0.1) is 12.5 Å². The van der Waals surface area contributed by atoms with Gasteiger partial charge in [0.2, 0.25) is 0 Å². The zero-order valence-electron chi connectivity index (χ0n) is 13.1. The first-order chi connectivity index (χ1) is 11.9. The lowest BCUT2D eigenvalue weighted by Crippen LogP contribution is -1.87. The lowest BCUT2D eigenvalue weighted by atomic mass is 9.96. The predicted molar refractivity (Wildman–Crippen MR) is 96.1 cm³/mol. The van der Waals surface area contributed by atoms with Crippen LogP contribution in [0.3, 0.4) is 0 Å². The van der Waals surface area contributed by atoms with Gasteiger partial charge in [-0.25, -0.2) is 0 Å². The highest BCUT2D eigenvalue weighted by Gasteiger charge is 2.09. The Morgan fingerprint density at radius 2 is 1.29 bits per heavy atom. The molecule has 0 aliphatic heterocycles. The summed E-state index contributed by atoms with van der Waals surface area (Å²) in [7, 11) is 0. The first-order valence-corrected chi connectivity index (χ1v) is 7.85. The molecule has 0 radical (unpaired) electrons. The van der Waals surface area contributed by atoms with Gasteiger partial charge in [-0.1, -0.05) is 54.6 Å². The van der Waals surface area contributed by atoms with Gasteiger partial charge in [0.1, 0.15) is 11.5 Å². The van der Waals surface area contributed by atoms with Crippen LogP contribution >= 0.6 is 0 Å². The molecule has 0 saturated heterocycles. The molecule has 0 spiro atoms. The molecule has 2 nitrogen and oxygen atoms in total. The van der Waals surface area contributed by atoms with Crippen molar-refractivity contribution in [3.63, 3.8) is 0 Å². The van der Waals surface area contributed by atoms with E-state index in [1.165, 1.54) is 0 Å². The molecule has 0 aliphatic rings. The number of rotatable bonds is 4. The topological polar surface area (TPSA) is 22.4 Å². The quantitative estimate of drug-likeness (QED) is 0.434. The highest BCUT2D eigenvalue weighted by Crippen LogP contribution is 2.34. The summed E-state index contributed by atoms with van der Waals surface area (Å²) in [6.07, 6.45) is 3.46. The van der Waals surface area contributed by atoms with E-state index in [4.69, 9.17) is 9.15 Å². The Bertz CT molecular complexity index is 925. The molecule has 24 heavy (non-hydrogen) atoms. The number of ether oxygens (including phenoxy) is 1. The first kappa shape index (κ1) is 14.3. The van der Waals surface area contributed by atoms with Gasteiger partial charge in [0.25, 0.3) is 0 Å². The fraction of sp³-hybridized carbons (Fsp3) is 0. The summed E-state index contributed by atoms with van der Waals surface area (Å²) >= 11 is 0. The maximum Gasteiger partial charge on any atom is 0.128 e. The molecule has 116 valence electrons. The third kappa shape index (κ3) is 2.95. The SMILES string of the molecule is c1ccc(Oc2cccc(-c3ccccc3-c3ccoc3)c2)cc1. The standard InChI is InChI=1S/C22H16O2/c1-2-8-19(9-3-1)24-20-10-6-7-17(15-20)21-11-4-5-12-22(21)18-13-14-23-16-18/h1-16H. The maximum atomic E-state index is 5.95. The van der Waals surface area contributed by atoms with Crippen LogP contribution < -0.4 is 4.74 Å². The lowest BCUT2D eigenvalue weighted by molar-refractivity contribution is 0.483. The Morgan fingerprint density at radius 3 is 2.04 bits per heavy atom. The van der Waals surface area contributed by atoms with Gasteiger partial charge >= 0.3 is 0 Å².